The fourth-order valence-corrected chi connectivity index (χ4v) is 2.91. The zero-order valence-electron chi connectivity index (χ0n) is 14.5. The standard InChI is InChI=1S/C18H28N2O4/c1-18(10-4-3-5-11-18)20-17(22)19-12-14(21)13-24-16-8-6-15(23-2)7-9-16/h6-9,14,21H,3-5,10-13H2,1-2H3,(H2,19,20,22)/t14-/m1/s1. The summed E-state index contributed by atoms with van der Waals surface area (Å²) in [6.07, 6.45) is 4.77. The number of rotatable bonds is 7. The maximum Gasteiger partial charge on any atom is 0.315 e. The maximum absolute atomic E-state index is 12.0. The molecule has 0 spiro atoms. The number of aliphatic hydroxyl groups excluding tert-OH is 1. The van der Waals surface area contributed by atoms with E-state index in [4.69, 9.17) is 9.47 Å². The predicted octanol–water partition coefficient (Wildman–Crippen LogP) is 2.46. The quantitative estimate of drug-likeness (QED) is 0.714. The van der Waals surface area contributed by atoms with Crippen LogP contribution in [0.3, 0.4) is 0 Å². The van der Waals surface area contributed by atoms with Crippen molar-refractivity contribution in [2.24, 2.45) is 0 Å². The van der Waals surface area contributed by atoms with Crippen molar-refractivity contribution < 1.29 is 19.4 Å². The van der Waals surface area contributed by atoms with Crippen LogP contribution in [0.15, 0.2) is 24.3 Å². The Morgan fingerprint density at radius 2 is 1.83 bits per heavy atom. The molecular weight excluding hydrogens is 308 g/mol. The Hall–Kier alpha value is -1.95. The van der Waals surface area contributed by atoms with Gasteiger partial charge in [-0.3, -0.25) is 0 Å². The fourth-order valence-electron chi connectivity index (χ4n) is 2.91. The Labute approximate surface area is 143 Å². The number of amides is 2. The van der Waals surface area contributed by atoms with E-state index in [2.05, 4.69) is 17.6 Å². The van der Waals surface area contributed by atoms with Gasteiger partial charge < -0.3 is 25.2 Å². The number of nitrogens with one attached hydrogen (secondary N) is 2. The summed E-state index contributed by atoms with van der Waals surface area (Å²) in [5, 5.41) is 15.7. The zero-order valence-corrected chi connectivity index (χ0v) is 14.5. The van der Waals surface area contributed by atoms with E-state index < -0.39 is 6.10 Å². The summed E-state index contributed by atoms with van der Waals surface area (Å²) in [6, 6.07) is 6.89. The summed E-state index contributed by atoms with van der Waals surface area (Å²) in [4.78, 5) is 12.0. The van der Waals surface area contributed by atoms with E-state index >= 15 is 0 Å². The Bertz CT molecular complexity index is 512. The lowest BCUT2D eigenvalue weighted by atomic mass is 9.83. The summed E-state index contributed by atoms with van der Waals surface area (Å²) in [7, 11) is 1.60. The molecule has 2 amide bonds. The molecule has 1 aliphatic carbocycles. The van der Waals surface area contributed by atoms with Crippen LogP contribution in [0.2, 0.25) is 0 Å². The van der Waals surface area contributed by atoms with Crippen molar-refractivity contribution in [2.45, 2.75) is 50.7 Å². The van der Waals surface area contributed by atoms with E-state index in [0.29, 0.717) is 5.75 Å². The Morgan fingerprint density at radius 1 is 1.21 bits per heavy atom. The van der Waals surface area contributed by atoms with Crippen molar-refractivity contribution in [1.29, 1.82) is 0 Å². The summed E-state index contributed by atoms with van der Waals surface area (Å²) >= 11 is 0. The van der Waals surface area contributed by atoms with Gasteiger partial charge in [-0.05, 0) is 44.0 Å². The number of hydrogen-bond donors (Lipinski definition) is 3. The lowest BCUT2D eigenvalue weighted by Crippen LogP contribution is -2.52. The van der Waals surface area contributed by atoms with Gasteiger partial charge in [-0.15, -0.1) is 0 Å². The van der Waals surface area contributed by atoms with Crippen LogP contribution in [0.5, 0.6) is 11.5 Å². The lowest BCUT2D eigenvalue weighted by molar-refractivity contribution is 0.107. The van der Waals surface area contributed by atoms with Crippen LogP contribution in [0.1, 0.15) is 39.0 Å². The molecule has 134 valence electrons. The molecule has 0 unspecified atom stereocenters. The van der Waals surface area contributed by atoms with Crippen LogP contribution >= 0.6 is 0 Å². The van der Waals surface area contributed by atoms with Crippen LogP contribution < -0.4 is 20.1 Å². The van der Waals surface area contributed by atoms with E-state index in [-0.39, 0.29) is 24.7 Å². The number of carbonyl (C=O) groups excluding carboxylic acids is 1. The highest BCUT2D eigenvalue weighted by Gasteiger charge is 2.28. The SMILES string of the molecule is COc1ccc(OC[C@H](O)CNC(=O)NC2(C)CCCCC2)cc1. The van der Waals surface area contributed by atoms with Crippen molar-refractivity contribution in [3.05, 3.63) is 24.3 Å². The van der Waals surface area contributed by atoms with Gasteiger partial charge in [-0.1, -0.05) is 19.3 Å². The molecule has 0 aromatic heterocycles. The Morgan fingerprint density at radius 3 is 2.46 bits per heavy atom. The minimum absolute atomic E-state index is 0.115. The van der Waals surface area contributed by atoms with Gasteiger partial charge in [0.2, 0.25) is 0 Å². The molecule has 24 heavy (non-hydrogen) atoms. The van der Waals surface area contributed by atoms with Gasteiger partial charge in [0, 0.05) is 12.1 Å². The second kappa shape index (κ2) is 8.78. The molecule has 0 radical (unpaired) electrons. The van der Waals surface area contributed by atoms with Crippen LogP contribution in [0, 0.1) is 0 Å². The number of benzene rings is 1. The average Bonchev–Trinajstić information content (AvgIpc) is 2.59. The monoisotopic (exact) mass is 336 g/mol. The summed E-state index contributed by atoms with van der Waals surface area (Å²) in [5.74, 6) is 1.39. The van der Waals surface area contributed by atoms with Crippen LogP contribution in [0.25, 0.3) is 0 Å². The van der Waals surface area contributed by atoms with Gasteiger partial charge in [0.25, 0.3) is 0 Å². The third kappa shape index (κ3) is 5.92. The van der Waals surface area contributed by atoms with Crippen LogP contribution in [0.4, 0.5) is 4.79 Å². The molecule has 1 atom stereocenters. The molecule has 0 aliphatic heterocycles. The molecule has 6 nitrogen and oxygen atoms in total. The zero-order chi connectivity index (χ0) is 17.4. The second-order valence-corrected chi connectivity index (χ2v) is 6.60. The van der Waals surface area contributed by atoms with E-state index in [1.807, 2.05) is 0 Å². The Balaban J connectivity index is 1.66. The Kier molecular flexibility index (Phi) is 6.73. The summed E-state index contributed by atoms with van der Waals surface area (Å²) in [6.45, 7) is 2.34. The van der Waals surface area contributed by atoms with E-state index in [1.54, 1.807) is 31.4 Å². The predicted molar refractivity (Wildman–Crippen MR) is 92.5 cm³/mol. The lowest BCUT2D eigenvalue weighted by Gasteiger charge is -2.34. The number of ether oxygens (including phenoxy) is 2. The molecule has 1 saturated carbocycles. The molecule has 0 heterocycles. The summed E-state index contributed by atoms with van der Waals surface area (Å²) in [5.41, 5.74) is -0.132. The van der Waals surface area contributed by atoms with Gasteiger partial charge in [0.1, 0.15) is 24.2 Å². The van der Waals surface area contributed by atoms with Crippen LogP contribution in [-0.4, -0.2) is 43.0 Å². The number of aliphatic hydroxyl groups is 1. The van der Waals surface area contributed by atoms with Crippen molar-refractivity contribution in [1.82, 2.24) is 10.6 Å². The van der Waals surface area contributed by atoms with Crippen molar-refractivity contribution in [3.8, 4) is 11.5 Å². The first-order valence-corrected chi connectivity index (χ1v) is 8.52. The first kappa shape index (κ1) is 18.4. The largest absolute Gasteiger partial charge is 0.497 e. The molecule has 6 heteroatoms. The normalized spacial score (nSPS) is 17.6. The maximum atomic E-state index is 12.0. The van der Waals surface area contributed by atoms with Crippen LogP contribution in [-0.2, 0) is 0 Å². The molecule has 1 aromatic rings. The molecule has 1 aromatic carbocycles. The average molecular weight is 336 g/mol. The topological polar surface area (TPSA) is 79.8 Å². The van der Waals surface area contributed by atoms with Gasteiger partial charge in [-0.2, -0.15) is 0 Å². The fraction of sp³-hybridized carbons (Fsp3) is 0.611. The minimum Gasteiger partial charge on any atom is -0.497 e. The van der Waals surface area contributed by atoms with Gasteiger partial charge in [0.15, 0.2) is 0 Å². The minimum atomic E-state index is -0.767. The molecule has 3 N–H and O–H groups in total. The number of methoxy groups -OCH3 is 1. The first-order valence-electron chi connectivity index (χ1n) is 8.52. The number of urea groups is 1. The van der Waals surface area contributed by atoms with Gasteiger partial charge in [-0.25, -0.2) is 4.79 Å². The van der Waals surface area contributed by atoms with Crippen molar-refractivity contribution in [2.75, 3.05) is 20.3 Å². The first-order chi connectivity index (χ1) is 11.5. The second-order valence-electron chi connectivity index (χ2n) is 6.60. The molecule has 1 aliphatic rings. The molecule has 2 rings (SSSR count). The van der Waals surface area contributed by atoms with Crippen molar-refractivity contribution >= 4 is 6.03 Å². The number of hydrogen-bond acceptors (Lipinski definition) is 4. The highest BCUT2D eigenvalue weighted by molar-refractivity contribution is 5.74. The third-order valence-electron chi connectivity index (χ3n) is 4.37. The van der Waals surface area contributed by atoms with E-state index in [1.165, 1.54) is 6.42 Å². The smallest absolute Gasteiger partial charge is 0.315 e. The highest BCUT2D eigenvalue weighted by Crippen LogP contribution is 2.27. The molecule has 0 saturated heterocycles. The summed E-state index contributed by atoms with van der Waals surface area (Å²) < 4.78 is 10.6. The molecule has 1 fully saturated rings. The van der Waals surface area contributed by atoms with Gasteiger partial charge in [0.05, 0.1) is 7.11 Å². The van der Waals surface area contributed by atoms with E-state index in [0.717, 1.165) is 31.4 Å². The van der Waals surface area contributed by atoms with Gasteiger partial charge >= 0.3 is 6.03 Å². The molecular formula is C18H28N2O4. The highest BCUT2D eigenvalue weighted by atomic mass is 16.5. The van der Waals surface area contributed by atoms with Crippen molar-refractivity contribution in [3.63, 3.8) is 0 Å². The number of carbonyl (C=O) groups is 1. The molecule has 0 bridgehead atoms. The third-order valence-corrected chi connectivity index (χ3v) is 4.37. The van der Waals surface area contributed by atoms with E-state index in [9.17, 15) is 9.90 Å².